The first-order valence-corrected chi connectivity index (χ1v) is 6.76. The third-order valence-corrected chi connectivity index (χ3v) is 3.72. The Labute approximate surface area is 110 Å². The summed E-state index contributed by atoms with van der Waals surface area (Å²) in [6.07, 6.45) is 3.88. The maximum absolute atomic E-state index is 5.33. The van der Waals surface area contributed by atoms with Crippen LogP contribution in [0.15, 0.2) is 24.3 Å². The molecule has 100 valence electrons. The second-order valence-corrected chi connectivity index (χ2v) is 5.24. The molecule has 18 heavy (non-hydrogen) atoms. The fourth-order valence-electron chi connectivity index (χ4n) is 2.86. The van der Waals surface area contributed by atoms with Crippen LogP contribution >= 0.6 is 0 Å². The molecule has 1 aromatic carbocycles. The van der Waals surface area contributed by atoms with E-state index in [2.05, 4.69) is 42.5 Å². The van der Waals surface area contributed by atoms with E-state index in [4.69, 9.17) is 4.74 Å². The van der Waals surface area contributed by atoms with Crippen LogP contribution in [0.2, 0.25) is 0 Å². The van der Waals surface area contributed by atoms with E-state index in [1.165, 1.54) is 24.8 Å². The number of nitrogens with zero attached hydrogens (tertiary/aromatic N) is 1. The lowest BCUT2D eigenvalue weighted by Crippen LogP contribution is -2.44. The van der Waals surface area contributed by atoms with Gasteiger partial charge in [0.05, 0.1) is 7.11 Å². The fraction of sp³-hybridized carbons (Fsp3) is 0.600. The minimum absolute atomic E-state index is 0.417. The molecule has 0 saturated carbocycles. The van der Waals surface area contributed by atoms with Gasteiger partial charge in [-0.1, -0.05) is 18.6 Å². The van der Waals surface area contributed by atoms with Gasteiger partial charge in [-0.05, 0) is 51.2 Å². The molecule has 1 aromatic rings. The van der Waals surface area contributed by atoms with Gasteiger partial charge in [-0.15, -0.1) is 0 Å². The average Bonchev–Trinajstić information content (AvgIpc) is 2.40. The van der Waals surface area contributed by atoms with Crippen LogP contribution in [-0.2, 0) is 0 Å². The zero-order valence-corrected chi connectivity index (χ0v) is 11.6. The Morgan fingerprint density at radius 2 is 2.17 bits per heavy atom. The van der Waals surface area contributed by atoms with Crippen LogP contribution < -0.4 is 10.1 Å². The van der Waals surface area contributed by atoms with Crippen LogP contribution in [-0.4, -0.2) is 38.7 Å². The lowest BCUT2D eigenvalue weighted by Gasteiger charge is -2.36. The minimum Gasteiger partial charge on any atom is -0.497 e. The Kier molecular flexibility index (Phi) is 4.61. The predicted octanol–water partition coefficient (Wildman–Crippen LogP) is 2.44. The predicted molar refractivity (Wildman–Crippen MR) is 75.1 cm³/mol. The normalized spacial score (nSPS) is 21.9. The Morgan fingerprint density at radius 1 is 1.33 bits per heavy atom. The van der Waals surface area contributed by atoms with Crippen LogP contribution in [0.4, 0.5) is 0 Å². The van der Waals surface area contributed by atoms with Crippen molar-refractivity contribution in [3.8, 4) is 5.75 Å². The molecule has 0 aliphatic carbocycles. The van der Waals surface area contributed by atoms with Crippen molar-refractivity contribution in [1.29, 1.82) is 0 Å². The molecule has 0 spiro atoms. The Morgan fingerprint density at radius 3 is 2.78 bits per heavy atom. The van der Waals surface area contributed by atoms with Crippen LogP contribution in [0.3, 0.4) is 0 Å². The second-order valence-electron chi connectivity index (χ2n) is 5.24. The molecule has 1 saturated heterocycles. The molecule has 3 nitrogen and oxygen atoms in total. The summed E-state index contributed by atoms with van der Waals surface area (Å²) in [6, 6.07) is 9.39. The van der Waals surface area contributed by atoms with E-state index in [0.717, 1.165) is 12.3 Å². The number of likely N-dealkylation sites (N-methyl/N-ethyl adjacent to an activating group) is 1. The molecule has 2 unspecified atom stereocenters. The van der Waals surface area contributed by atoms with E-state index in [-0.39, 0.29) is 0 Å². The van der Waals surface area contributed by atoms with E-state index >= 15 is 0 Å². The second kappa shape index (κ2) is 6.21. The lowest BCUT2D eigenvalue weighted by molar-refractivity contribution is 0.205. The largest absolute Gasteiger partial charge is 0.497 e. The highest BCUT2D eigenvalue weighted by molar-refractivity contribution is 5.31. The number of rotatable bonds is 4. The quantitative estimate of drug-likeness (QED) is 0.885. The number of methoxy groups -OCH3 is 1. The number of nitrogens with one attached hydrogen (secondary N) is 1. The highest BCUT2D eigenvalue weighted by Crippen LogP contribution is 2.29. The average molecular weight is 248 g/mol. The molecule has 0 radical (unpaired) electrons. The lowest BCUT2D eigenvalue weighted by atomic mass is 9.92. The molecule has 1 heterocycles. The molecule has 0 amide bonds. The van der Waals surface area contributed by atoms with Crippen molar-refractivity contribution in [2.75, 3.05) is 27.7 Å². The van der Waals surface area contributed by atoms with Crippen LogP contribution in [0.1, 0.15) is 30.9 Å². The Balaban J connectivity index is 2.22. The SMILES string of the molecule is COc1cccc(C(C2CCCCN2)N(C)C)c1. The summed E-state index contributed by atoms with van der Waals surface area (Å²) < 4.78 is 5.33. The van der Waals surface area contributed by atoms with Gasteiger partial charge >= 0.3 is 0 Å². The van der Waals surface area contributed by atoms with E-state index in [9.17, 15) is 0 Å². The molecule has 1 aliphatic heterocycles. The highest BCUT2D eigenvalue weighted by atomic mass is 16.5. The molecule has 0 bridgehead atoms. The third kappa shape index (κ3) is 3.03. The summed E-state index contributed by atoms with van der Waals surface area (Å²) in [4.78, 5) is 2.30. The van der Waals surface area contributed by atoms with Gasteiger partial charge in [0.1, 0.15) is 5.75 Å². The van der Waals surface area contributed by atoms with Crippen LogP contribution in [0, 0.1) is 0 Å². The van der Waals surface area contributed by atoms with Gasteiger partial charge in [0.15, 0.2) is 0 Å². The summed E-state index contributed by atoms with van der Waals surface area (Å²) in [7, 11) is 6.03. The Bertz CT molecular complexity index is 373. The molecule has 1 fully saturated rings. The van der Waals surface area contributed by atoms with Crippen molar-refractivity contribution >= 4 is 0 Å². The Hall–Kier alpha value is -1.06. The summed E-state index contributed by atoms with van der Waals surface area (Å²) >= 11 is 0. The van der Waals surface area contributed by atoms with Crippen molar-refractivity contribution in [2.45, 2.75) is 31.3 Å². The summed E-state index contributed by atoms with van der Waals surface area (Å²) in [5.41, 5.74) is 1.33. The molecule has 2 atom stereocenters. The van der Waals surface area contributed by atoms with Crippen LogP contribution in [0.5, 0.6) is 5.75 Å². The van der Waals surface area contributed by atoms with Crippen molar-refractivity contribution in [1.82, 2.24) is 10.2 Å². The van der Waals surface area contributed by atoms with Gasteiger partial charge in [-0.2, -0.15) is 0 Å². The number of benzene rings is 1. The van der Waals surface area contributed by atoms with Gasteiger partial charge in [0.2, 0.25) is 0 Å². The van der Waals surface area contributed by atoms with Gasteiger partial charge in [0.25, 0.3) is 0 Å². The highest BCUT2D eigenvalue weighted by Gasteiger charge is 2.26. The molecule has 2 rings (SSSR count). The van der Waals surface area contributed by atoms with Crippen molar-refractivity contribution < 1.29 is 4.74 Å². The van der Waals surface area contributed by atoms with E-state index in [1.807, 2.05) is 6.07 Å². The molecular weight excluding hydrogens is 224 g/mol. The summed E-state index contributed by atoms with van der Waals surface area (Å²) in [5.74, 6) is 0.940. The van der Waals surface area contributed by atoms with E-state index in [1.54, 1.807) is 7.11 Å². The van der Waals surface area contributed by atoms with Gasteiger partial charge < -0.3 is 15.0 Å². The molecule has 1 N–H and O–H groups in total. The zero-order chi connectivity index (χ0) is 13.0. The van der Waals surface area contributed by atoms with Gasteiger partial charge in [-0.25, -0.2) is 0 Å². The third-order valence-electron chi connectivity index (χ3n) is 3.72. The first kappa shape index (κ1) is 13.4. The van der Waals surface area contributed by atoms with Crippen molar-refractivity contribution in [3.63, 3.8) is 0 Å². The van der Waals surface area contributed by atoms with Gasteiger partial charge in [-0.3, -0.25) is 0 Å². The smallest absolute Gasteiger partial charge is 0.119 e. The van der Waals surface area contributed by atoms with Crippen molar-refractivity contribution in [3.05, 3.63) is 29.8 Å². The standard InChI is InChI=1S/C15H24N2O/c1-17(2)15(14-9-4-5-10-16-14)12-7-6-8-13(11-12)18-3/h6-8,11,14-16H,4-5,9-10H2,1-3H3. The number of hydrogen-bond acceptors (Lipinski definition) is 3. The van der Waals surface area contributed by atoms with Crippen LogP contribution in [0.25, 0.3) is 0 Å². The maximum atomic E-state index is 5.33. The fourth-order valence-corrected chi connectivity index (χ4v) is 2.86. The summed E-state index contributed by atoms with van der Waals surface area (Å²) in [5, 5.41) is 3.65. The number of ether oxygens (including phenoxy) is 1. The first-order valence-electron chi connectivity index (χ1n) is 6.76. The van der Waals surface area contributed by atoms with Crippen molar-refractivity contribution in [2.24, 2.45) is 0 Å². The molecule has 3 heteroatoms. The minimum atomic E-state index is 0.417. The zero-order valence-electron chi connectivity index (χ0n) is 11.6. The molecule has 0 aromatic heterocycles. The first-order chi connectivity index (χ1) is 8.72. The van der Waals surface area contributed by atoms with E-state index < -0.39 is 0 Å². The monoisotopic (exact) mass is 248 g/mol. The van der Waals surface area contributed by atoms with E-state index in [0.29, 0.717) is 12.1 Å². The molecule has 1 aliphatic rings. The molecular formula is C15H24N2O. The topological polar surface area (TPSA) is 24.5 Å². The maximum Gasteiger partial charge on any atom is 0.119 e. The number of hydrogen-bond donors (Lipinski definition) is 1. The number of piperidine rings is 1. The summed E-state index contributed by atoms with van der Waals surface area (Å²) in [6.45, 7) is 1.14. The van der Waals surface area contributed by atoms with Gasteiger partial charge in [0, 0.05) is 12.1 Å².